The van der Waals surface area contributed by atoms with Crippen LogP contribution in [-0.4, -0.2) is 50.6 Å². The Balaban J connectivity index is 1.97. The van der Waals surface area contributed by atoms with Gasteiger partial charge in [0.25, 0.3) is 0 Å². The van der Waals surface area contributed by atoms with Crippen LogP contribution in [0.4, 0.5) is 5.95 Å². The molecule has 124 valence electrons. The Kier molecular flexibility index (Phi) is 4.40. The topological polar surface area (TPSA) is 135 Å². The van der Waals surface area contributed by atoms with Crippen LogP contribution in [0.1, 0.15) is 13.2 Å². The molecular weight excluding hydrogens is 325 g/mol. The molecule has 0 saturated carbocycles. The van der Waals surface area contributed by atoms with Gasteiger partial charge in [0.05, 0.1) is 19.5 Å². The van der Waals surface area contributed by atoms with E-state index in [1.54, 1.807) is 4.57 Å². The Morgan fingerprint density at radius 3 is 3.00 bits per heavy atom. The predicted octanol–water partition coefficient (Wildman–Crippen LogP) is 0.267. The van der Waals surface area contributed by atoms with E-state index in [1.165, 1.54) is 13.4 Å². The summed E-state index contributed by atoms with van der Waals surface area (Å²) in [5.41, 5.74) is 6.60. The van der Waals surface area contributed by atoms with Crippen molar-refractivity contribution in [3.63, 3.8) is 0 Å². The normalized spacial score (nSPS) is 27.8. The molecule has 0 amide bonds. The number of hydrogen-bond donors (Lipinski definition) is 2. The number of ether oxygens (including phenoxy) is 2. The first-order valence-corrected chi connectivity index (χ1v) is 7.75. The Bertz CT molecular complexity index is 725. The number of rotatable bonds is 5. The molecule has 1 aliphatic heterocycles. The average Bonchev–Trinajstić information content (AvgIpc) is 3.07. The SMILES string of the molecule is COc1nc(N)nc2c1ncn2C1OC(CO[PH+]=O)C(O)C1C. The number of aliphatic hydroxyl groups is 1. The van der Waals surface area contributed by atoms with Crippen LogP contribution in [0.25, 0.3) is 11.2 Å². The van der Waals surface area contributed by atoms with E-state index in [0.29, 0.717) is 11.2 Å². The minimum absolute atomic E-state index is 0.0387. The third-order valence-corrected chi connectivity index (χ3v) is 4.15. The van der Waals surface area contributed by atoms with E-state index >= 15 is 0 Å². The third-order valence-electron chi connectivity index (χ3n) is 3.86. The van der Waals surface area contributed by atoms with Gasteiger partial charge in [-0.05, 0) is 4.57 Å². The van der Waals surface area contributed by atoms with E-state index in [-0.39, 0.29) is 24.4 Å². The zero-order valence-electron chi connectivity index (χ0n) is 12.5. The van der Waals surface area contributed by atoms with Gasteiger partial charge in [-0.2, -0.15) is 9.97 Å². The van der Waals surface area contributed by atoms with Gasteiger partial charge in [-0.3, -0.25) is 4.57 Å². The first-order chi connectivity index (χ1) is 11.1. The lowest BCUT2D eigenvalue weighted by molar-refractivity contribution is -0.0380. The fourth-order valence-corrected chi connectivity index (χ4v) is 2.93. The quantitative estimate of drug-likeness (QED) is 0.734. The highest BCUT2D eigenvalue weighted by Crippen LogP contribution is 2.37. The van der Waals surface area contributed by atoms with Crippen molar-refractivity contribution in [2.75, 3.05) is 19.5 Å². The molecule has 3 N–H and O–H groups in total. The van der Waals surface area contributed by atoms with Crippen molar-refractivity contribution in [2.45, 2.75) is 25.4 Å². The largest absolute Gasteiger partial charge is 0.494 e. The van der Waals surface area contributed by atoms with Crippen molar-refractivity contribution in [1.82, 2.24) is 19.5 Å². The molecule has 0 aromatic carbocycles. The lowest BCUT2D eigenvalue weighted by Gasteiger charge is -2.17. The molecule has 2 aromatic heterocycles. The summed E-state index contributed by atoms with van der Waals surface area (Å²) in [5.74, 6) is 0.0674. The first-order valence-electron chi connectivity index (χ1n) is 6.93. The molecule has 0 bridgehead atoms. The van der Waals surface area contributed by atoms with Crippen LogP contribution in [0.2, 0.25) is 0 Å². The fourth-order valence-electron chi connectivity index (χ4n) is 2.70. The van der Waals surface area contributed by atoms with Crippen molar-refractivity contribution in [3.05, 3.63) is 6.33 Å². The lowest BCUT2D eigenvalue weighted by atomic mass is 10.0. The number of imidazole rings is 1. The van der Waals surface area contributed by atoms with Crippen LogP contribution in [-0.2, 0) is 13.8 Å². The highest BCUT2D eigenvalue weighted by Gasteiger charge is 2.43. The molecule has 1 aliphatic rings. The number of nitrogens with two attached hydrogens (primary N) is 1. The number of methoxy groups -OCH3 is 1. The number of fused-ring (bicyclic) bond motifs is 1. The van der Waals surface area contributed by atoms with Crippen molar-refractivity contribution in [2.24, 2.45) is 5.92 Å². The van der Waals surface area contributed by atoms with Gasteiger partial charge < -0.3 is 20.3 Å². The molecule has 3 rings (SSSR count). The minimum atomic E-state index is -0.902. The Morgan fingerprint density at radius 2 is 2.30 bits per heavy atom. The molecule has 0 spiro atoms. The maximum Gasteiger partial charge on any atom is 0.494 e. The van der Waals surface area contributed by atoms with E-state index in [1.807, 2.05) is 6.92 Å². The fraction of sp³-hybridized carbons (Fsp3) is 0.583. The summed E-state index contributed by atoms with van der Waals surface area (Å²) < 4.78 is 28.0. The van der Waals surface area contributed by atoms with Gasteiger partial charge in [-0.15, -0.1) is 4.52 Å². The van der Waals surface area contributed by atoms with Gasteiger partial charge in [0.15, 0.2) is 11.2 Å². The number of nitrogens with zero attached hydrogens (tertiary/aromatic N) is 4. The van der Waals surface area contributed by atoms with E-state index in [4.69, 9.17) is 19.7 Å². The molecule has 23 heavy (non-hydrogen) atoms. The van der Waals surface area contributed by atoms with Gasteiger partial charge in [0, 0.05) is 5.92 Å². The second kappa shape index (κ2) is 6.32. The number of aliphatic hydroxyl groups excluding tert-OH is 1. The summed E-state index contributed by atoms with van der Waals surface area (Å²) in [4.78, 5) is 12.4. The summed E-state index contributed by atoms with van der Waals surface area (Å²) in [7, 11) is 0.566. The Labute approximate surface area is 132 Å². The maximum atomic E-state index is 10.5. The number of hydrogen-bond acceptors (Lipinski definition) is 9. The van der Waals surface area contributed by atoms with Gasteiger partial charge in [-0.25, -0.2) is 4.98 Å². The molecule has 5 atom stereocenters. The predicted molar refractivity (Wildman–Crippen MR) is 80.3 cm³/mol. The summed E-state index contributed by atoms with van der Waals surface area (Å²) in [6, 6.07) is 0. The molecule has 5 unspecified atom stereocenters. The van der Waals surface area contributed by atoms with E-state index in [9.17, 15) is 9.67 Å². The molecule has 11 heteroatoms. The molecule has 0 radical (unpaired) electrons. The second-order valence-corrected chi connectivity index (χ2v) is 5.68. The molecule has 10 nitrogen and oxygen atoms in total. The summed E-state index contributed by atoms with van der Waals surface area (Å²) in [6.45, 7) is 1.87. The number of anilines is 1. The first kappa shape index (κ1) is 16.0. The minimum Gasteiger partial charge on any atom is -0.479 e. The average molecular weight is 342 g/mol. The third kappa shape index (κ3) is 2.74. The summed E-state index contributed by atoms with van der Waals surface area (Å²) >= 11 is 0. The van der Waals surface area contributed by atoms with E-state index in [2.05, 4.69) is 15.0 Å². The van der Waals surface area contributed by atoms with Gasteiger partial charge in [0.2, 0.25) is 11.8 Å². The van der Waals surface area contributed by atoms with Crippen LogP contribution in [0, 0.1) is 5.92 Å². The highest BCUT2D eigenvalue weighted by atomic mass is 31.1. The summed E-state index contributed by atoms with van der Waals surface area (Å²) in [5, 5.41) is 10.3. The van der Waals surface area contributed by atoms with Crippen LogP contribution in [0.3, 0.4) is 0 Å². The molecule has 0 aliphatic carbocycles. The number of aromatic nitrogens is 4. The van der Waals surface area contributed by atoms with Crippen LogP contribution >= 0.6 is 8.69 Å². The van der Waals surface area contributed by atoms with Crippen LogP contribution in [0.5, 0.6) is 5.88 Å². The van der Waals surface area contributed by atoms with Gasteiger partial charge in [0.1, 0.15) is 18.9 Å². The maximum absolute atomic E-state index is 10.5. The van der Waals surface area contributed by atoms with Crippen molar-refractivity contribution in [3.8, 4) is 5.88 Å². The van der Waals surface area contributed by atoms with Gasteiger partial charge in [-0.1, -0.05) is 6.92 Å². The van der Waals surface area contributed by atoms with Crippen molar-refractivity contribution < 1.29 is 23.7 Å². The molecule has 1 saturated heterocycles. The standard InChI is InChI=1S/C12H17N5O5P/c1-5-8(18)6(3-21-23-19)22-11(5)17-4-14-7-9(17)15-12(13)16-10(7)20-2/h4-6,8,11,18,23H,3H2,1-2H3,(H2,13,15,16)/q+1. The second-order valence-electron chi connectivity index (χ2n) is 5.22. The smallest absolute Gasteiger partial charge is 0.479 e. The van der Waals surface area contributed by atoms with Crippen molar-refractivity contribution >= 4 is 25.8 Å². The zero-order valence-corrected chi connectivity index (χ0v) is 13.5. The molecule has 2 aromatic rings. The van der Waals surface area contributed by atoms with Crippen molar-refractivity contribution in [1.29, 1.82) is 0 Å². The zero-order chi connectivity index (χ0) is 16.6. The highest BCUT2D eigenvalue weighted by molar-refractivity contribution is 7.17. The number of nitrogen functional groups attached to an aromatic ring is 1. The van der Waals surface area contributed by atoms with E-state index in [0.717, 1.165) is 0 Å². The lowest BCUT2D eigenvalue weighted by Crippen LogP contribution is -2.28. The monoisotopic (exact) mass is 342 g/mol. The van der Waals surface area contributed by atoms with Gasteiger partial charge >= 0.3 is 8.69 Å². The molecule has 1 fully saturated rings. The molecular formula is C12H17N5O5P+. The van der Waals surface area contributed by atoms with Crippen LogP contribution < -0.4 is 10.5 Å². The Hall–Kier alpha value is -1.87. The molecule has 3 heterocycles. The Morgan fingerprint density at radius 1 is 1.52 bits per heavy atom. The summed E-state index contributed by atoms with van der Waals surface area (Å²) in [6.07, 6.45) is -0.337. The van der Waals surface area contributed by atoms with E-state index < -0.39 is 27.1 Å². The van der Waals surface area contributed by atoms with Crippen LogP contribution in [0.15, 0.2) is 6.33 Å².